The molecule has 0 saturated carbocycles. The molecule has 2 aromatic carbocycles. The maximum absolute atomic E-state index is 12.8. The maximum atomic E-state index is 12.8. The normalized spacial score (nSPS) is 11.7. The van der Waals surface area contributed by atoms with E-state index in [-0.39, 0.29) is 73.5 Å². The lowest BCUT2D eigenvalue weighted by atomic mass is 10.3. The Hall–Kier alpha value is -4.31. The quantitative estimate of drug-likeness (QED) is 0.0607. The van der Waals surface area contributed by atoms with Crippen molar-refractivity contribution in [1.82, 2.24) is 15.1 Å². The Morgan fingerprint density at radius 3 is 1.53 bits per heavy atom. The third-order valence-corrected chi connectivity index (χ3v) is 7.93. The average molecular weight is 700 g/mol. The molecule has 0 aliphatic rings. The van der Waals surface area contributed by atoms with Crippen LogP contribution in [-0.4, -0.2) is 121 Å². The van der Waals surface area contributed by atoms with Gasteiger partial charge in [0.05, 0.1) is 49.2 Å². The van der Waals surface area contributed by atoms with Crippen LogP contribution in [0, 0.1) is 0 Å². The molecular formula is C27H37N7O11S2. The smallest absolute Gasteiger partial charge is 0.317 e. The first-order chi connectivity index (χ1) is 22.1. The minimum absolute atomic E-state index is 0.0371. The fourth-order valence-electron chi connectivity index (χ4n) is 3.92. The zero-order valence-corrected chi connectivity index (χ0v) is 26.8. The van der Waals surface area contributed by atoms with E-state index in [0.29, 0.717) is 6.29 Å². The van der Waals surface area contributed by atoms with Gasteiger partial charge in [-0.05, 0) is 48.5 Å². The van der Waals surface area contributed by atoms with Crippen molar-refractivity contribution in [2.75, 3.05) is 69.7 Å². The molecule has 0 radical (unpaired) electrons. The molecule has 258 valence electrons. The molecule has 0 unspecified atom stereocenters. The van der Waals surface area contributed by atoms with Gasteiger partial charge in [0, 0.05) is 37.4 Å². The van der Waals surface area contributed by atoms with E-state index >= 15 is 0 Å². The Bertz CT molecular complexity index is 1600. The second kappa shape index (κ2) is 18.7. The molecule has 0 saturated heterocycles. The van der Waals surface area contributed by atoms with Crippen LogP contribution in [0.2, 0.25) is 0 Å². The number of ether oxygens (including phenoxy) is 1. The van der Waals surface area contributed by atoms with Crippen LogP contribution < -0.4 is 26.2 Å². The van der Waals surface area contributed by atoms with Crippen molar-refractivity contribution < 1.29 is 50.7 Å². The first-order valence-corrected chi connectivity index (χ1v) is 17.0. The summed E-state index contributed by atoms with van der Waals surface area (Å²) < 4.78 is 51.1. The number of aliphatic carboxylic acids is 1. The number of sulfonamides is 2. The van der Waals surface area contributed by atoms with E-state index in [1.807, 2.05) is 0 Å². The fraction of sp³-hybridized carbons (Fsp3) is 0.370. The van der Waals surface area contributed by atoms with Gasteiger partial charge in [-0.25, -0.2) is 27.1 Å². The lowest BCUT2D eigenvalue weighted by molar-refractivity contribution is -0.139. The topological polar surface area (TPSA) is 278 Å². The van der Waals surface area contributed by atoms with Crippen molar-refractivity contribution in [3.8, 4) is 0 Å². The molecular weight excluding hydrogens is 662 g/mol. The highest BCUT2D eigenvalue weighted by Gasteiger charge is 2.20. The summed E-state index contributed by atoms with van der Waals surface area (Å²) in [7, 11) is -7.89. The van der Waals surface area contributed by atoms with Crippen molar-refractivity contribution in [1.29, 1.82) is 0 Å². The number of hydrogen-bond acceptors (Lipinski definition) is 12. The van der Waals surface area contributed by atoms with Gasteiger partial charge in [-0.3, -0.25) is 29.0 Å². The van der Waals surface area contributed by atoms with Crippen molar-refractivity contribution in [2.45, 2.75) is 16.2 Å². The number of primary sulfonamides is 2. The standard InChI is InChI=1S/C27H37N7O11S2/c28-46(41,42)22-6-2-20(3-7-22)31-25(37)17-33(16-24(36)30-10-15-45-14-1-13-35)11-12-34(19-27(39)40)18-26(38)32-21-4-8-23(9-5-21)47(29,43)44/h2-9,13H,1,10-12,14-19H2,(H,30,36)(H,31,37)(H,32,38)(H,39,40)(H2,28,41,42)(H2,29,43,44). The number of hydrogen-bond donors (Lipinski definition) is 6. The minimum atomic E-state index is -3.94. The van der Waals surface area contributed by atoms with E-state index in [2.05, 4.69) is 16.0 Å². The van der Waals surface area contributed by atoms with E-state index in [9.17, 15) is 45.9 Å². The molecule has 20 heteroatoms. The molecule has 0 atom stereocenters. The van der Waals surface area contributed by atoms with Crippen LogP contribution in [-0.2, 0) is 48.8 Å². The predicted octanol–water partition coefficient (Wildman–Crippen LogP) is -2.03. The summed E-state index contributed by atoms with van der Waals surface area (Å²) >= 11 is 0. The Balaban J connectivity index is 2.07. The number of anilines is 2. The molecule has 2 rings (SSSR count). The number of rotatable bonds is 21. The zero-order valence-electron chi connectivity index (χ0n) is 25.2. The summed E-state index contributed by atoms with van der Waals surface area (Å²) in [6, 6.07) is 10.1. The van der Waals surface area contributed by atoms with E-state index in [1.165, 1.54) is 58.3 Å². The fourth-order valence-corrected chi connectivity index (χ4v) is 4.95. The summed E-state index contributed by atoms with van der Waals surface area (Å²) in [6.07, 6.45) is 0.901. The number of benzene rings is 2. The van der Waals surface area contributed by atoms with Gasteiger partial charge in [-0.15, -0.1) is 0 Å². The Labute approximate surface area is 271 Å². The Morgan fingerprint density at radius 2 is 1.13 bits per heavy atom. The molecule has 3 amide bonds. The third kappa shape index (κ3) is 15.7. The number of carbonyl (C=O) groups is 5. The number of carboxylic acid groups (broad SMARTS) is 1. The van der Waals surface area contributed by atoms with Crippen LogP contribution in [0.5, 0.6) is 0 Å². The van der Waals surface area contributed by atoms with Gasteiger partial charge in [0.2, 0.25) is 37.8 Å². The third-order valence-electron chi connectivity index (χ3n) is 6.07. The van der Waals surface area contributed by atoms with E-state index < -0.39 is 56.8 Å². The highest BCUT2D eigenvalue weighted by atomic mass is 32.2. The van der Waals surface area contributed by atoms with Crippen LogP contribution >= 0.6 is 0 Å². The molecule has 18 nitrogen and oxygen atoms in total. The van der Waals surface area contributed by atoms with Gasteiger partial charge in [-0.1, -0.05) is 0 Å². The summed E-state index contributed by atoms with van der Waals surface area (Å²) in [5.74, 6) is -2.92. The minimum Gasteiger partial charge on any atom is -0.480 e. The Kier molecular flexibility index (Phi) is 15.5. The molecule has 0 aliphatic carbocycles. The zero-order chi connectivity index (χ0) is 35.0. The van der Waals surface area contributed by atoms with Crippen molar-refractivity contribution in [3.05, 3.63) is 48.5 Å². The highest BCUT2D eigenvalue weighted by Crippen LogP contribution is 2.14. The van der Waals surface area contributed by atoms with Crippen LogP contribution in [0.3, 0.4) is 0 Å². The molecule has 0 aliphatic heterocycles. The summed E-state index contributed by atoms with van der Waals surface area (Å²) in [5, 5.41) is 27.3. The van der Waals surface area contributed by atoms with E-state index in [0.717, 1.165) is 0 Å². The number of nitrogens with two attached hydrogens (primary N) is 2. The number of nitrogens with zero attached hydrogens (tertiary/aromatic N) is 2. The SMILES string of the molecule is NS(=O)(=O)c1ccc(NC(=O)CN(CCN(CC(=O)NCCOCCC=O)CC(=O)Nc2ccc(S(N)(=O)=O)cc2)CC(=O)O)cc1. The van der Waals surface area contributed by atoms with Gasteiger partial charge < -0.3 is 30.6 Å². The summed E-state index contributed by atoms with van der Waals surface area (Å²) in [6.45, 7) is -1.24. The average Bonchev–Trinajstić information content (AvgIpc) is 2.97. The largest absolute Gasteiger partial charge is 0.480 e. The van der Waals surface area contributed by atoms with E-state index in [1.54, 1.807) is 0 Å². The molecule has 47 heavy (non-hydrogen) atoms. The number of carboxylic acids is 1. The van der Waals surface area contributed by atoms with Crippen molar-refractivity contribution in [3.63, 3.8) is 0 Å². The van der Waals surface area contributed by atoms with E-state index in [4.69, 9.17) is 15.0 Å². The van der Waals surface area contributed by atoms with Crippen molar-refractivity contribution >= 4 is 61.4 Å². The first kappa shape index (κ1) is 38.9. The molecule has 0 spiro atoms. The van der Waals surface area contributed by atoms with Crippen LogP contribution in [0.15, 0.2) is 58.3 Å². The van der Waals surface area contributed by atoms with Gasteiger partial charge in [0.25, 0.3) is 0 Å². The molecule has 2 aromatic rings. The van der Waals surface area contributed by atoms with Gasteiger partial charge in [-0.2, -0.15) is 0 Å². The van der Waals surface area contributed by atoms with Crippen LogP contribution in [0.1, 0.15) is 6.42 Å². The number of nitrogens with one attached hydrogen (secondary N) is 3. The molecule has 0 fully saturated rings. The molecule has 8 N–H and O–H groups in total. The number of carbonyl (C=O) groups excluding carboxylic acids is 4. The predicted molar refractivity (Wildman–Crippen MR) is 168 cm³/mol. The second-order valence-electron chi connectivity index (χ2n) is 9.97. The second-order valence-corrected chi connectivity index (χ2v) is 13.1. The monoisotopic (exact) mass is 699 g/mol. The lowest BCUT2D eigenvalue weighted by Gasteiger charge is -2.26. The first-order valence-electron chi connectivity index (χ1n) is 13.9. The maximum Gasteiger partial charge on any atom is 0.317 e. The molecule has 0 aromatic heterocycles. The van der Waals surface area contributed by atoms with Gasteiger partial charge in [0.15, 0.2) is 0 Å². The lowest BCUT2D eigenvalue weighted by Crippen LogP contribution is -2.46. The van der Waals surface area contributed by atoms with Crippen molar-refractivity contribution in [2.24, 2.45) is 10.3 Å². The summed E-state index contributed by atoms with van der Waals surface area (Å²) in [5.41, 5.74) is 0.487. The Morgan fingerprint density at radius 1 is 0.702 bits per heavy atom. The van der Waals surface area contributed by atoms with Crippen LogP contribution in [0.4, 0.5) is 11.4 Å². The van der Waals surface area contributed by atoms with Gasteiger partial charge in [0.1, 0.15) is 6.29 Å². The number of aldehydes is 1. The summed E-state index contributed by atoms with van der Waals surface area (Å²) in [4.78, 5) is 62.4. The number of amides is 3. The van der Waals surface area contributed by atoms with Crippen LogP contribution in [0.25, 0.3) is 0 Å². The molecule has 0 heterocycles. The molecule has 0 bridgehead atoms. The van der Waals surface area contributed by atoms with Gasteiger partial charge >= 0.3 is 5.97 Å². The highest BCUT2D eigenvalue weighted by molar-refractivity contribution is 7.89.